The van der Waals surface area contributed by atoms with Crippen molar-refractivity contribution < 1.29 is 24.4 Å². The minimum atomic E-state index is -0.828. The van der Waals surface area contributed by atoms with E-state index in [2.05, 4.69) is 17.0 Å². The number of aromatic hydroxyl groups is 1. The van der Waals surface area contributed by atoms with Crippen LogP contribution in [0.2, 0.25) is 0 Å². The van der Waals surface area contributed by atoms with Gasteiger partial charge in [-0.3, -0.25) is 4.90 Å². The molecule has 0 bridgehead atoms. The average molecular weight is 452 g/mol. The predicted molar refractivity (Wildman–Crippen MR) is 124 cm³/mol. The fourth-order valence-electron chi connectivity index (χ4n) is 4.49. The van der Waals surface area contributed by atoms with Crippen LogP contribution in [0.25, 0.3) is 0 Å². The number of aliphatic hydroxyl groups is 2. The highest BCUT2D eigenvalue weighted by Crippen LogP contribution is 2.33. The number of ether oxygens (including phenoxy) is 1. The molecule has 33 heavy (non-hydrogen) atoms. The number of rotatable bonds is 9. The SMILES string of the molecule is OCc1cc(O)ccc1C(O)CN(Cc1ccccc1)CC1CCC(c2ccc(F)cc2)O1. The molecule has 6 heteroatoms. The van der Waals surface area contributed by atoms with Crippen LogP contribution < -0.4 is 0 Å². The van der Waals surface area contributed by atoms with Crippen molar-refractivity contribution in [2.24, 2.45) is 0 Å². The van der Waals surface area contributed by atoms with Gasteiger partial charge in [-0.05, 0) is 59.4 Å². The third-order valence-corrected chi connectivity index (χ3v) is 6.15. The molecule has 0 amide bonds. The van der Waals surface area contributed by atoms with Crippen LogP contribution in [0, 0.1) is 5.82 Å². The predicted octanol–water partition coefficient (Wildman–Crippen LogP) is 4.48. The fraction of sp³-hybridized carbons (Fsp3) is 0.333. The highest BCUT2D eigenvalue weighted by molar-refractivity contribution is 5.36. The Morgan fingerprint density at radius 1 is 1.00 bits per heavy atom. The lowest BCUT2D eigenvalue weighted by atomic mass is 10.0. The molecular formula is C27H30FNO4. The number of hydrogen-bond acceptors (Lipinski definition) is 5. The molecule has 0 aromatic heterocycles. The van der Waals surface area contributed by atoms with Crippen LogP contribution in [-0.4, -0.2) is 39.4 Å². The van der Waals surface area contributed by atoms with E-state index in [0.29, 0.717) is 30.8 Å². The number of hydrogen-bond donors (Lipinski definition) is 3. The number of phenols is 1. The number of benzene rings is 3. The zero-order valence-electron chi connectivity index (χ0n) is 18.5. The van der Waals surface area contributed by atoms with Crippen LogP contribution in [0.5, 0.6) is 5.75 Å². The van der Waals surface area contributed by atoms with Gasteiger partial charge in [0.25, 0.3) is 0 Å². The summed E-state index contributed by atoms with van der Waals surface area (Å²) in [6.45, 7) is 1.38. The molecular weight excluding hydrogens is 421 g/mol. The van der Waals surface area contributed by atoms with Crippen molar-refractivity contribution in [1.82, 2.24) is 4.90 Å². The first-order valence-electron chi connectivity index (χ1n) is 11.3. The summed E-state index contributed by atoms with van der Waals surface area (Å²) < 4.78 is 19.6. The lowest BCUT2D eigenvalue weighted by molar-refractivity contribution is 0.00945. The van der Waals surface area contributed by atoms with Crippen molar-refractivity contribution in [1.29, 1.82) is 0 Å². The van der Waals surface area contributed by atoms with Crippen molar-refractivity contribution in [2.45, 2.75) is 44.3 Å². The second-order valence-electron chi connectivity index (χ2n) is 8.61. The first-order chi connectivity index (χ1) is 16.0. The molecule has 0 radical (unpaired) electrons. The van der Waals surface area contributed by atoms with Crippen molar-refractivity contribution >= 4 is 0 Å². The number of nitrogens with zero attached hydrogens (tertiary/aromatic N) is 1. The summed E-state index contributed by atoms with van der Waals surface area (Å²) in [4.78, 5) is 2.16. The third-order valence-electron chi connectivity index (χ3n) is 6.15. The Morgan fingerprint density at radius 2 is 1.76 bits per heavy atom. The summed E-state index contributed by atoms with van der Waals surface area (Å²) in [5.74, 6) is -0.199. The van der Waals surface area contributed by atoms with Gasteiger partial charge in [-0.2, -0.15) is 0 Å². The van der Waals surface area contributed by atoms with Gasteiger partial charge in [-0.1, -0.05) is 48.5 Å². The van der Waals surface area contributed by atoms with E-state index in [1.165, 1.54) is 24.3 Å². The molecule has 4 rings (SSSR count). The van der Waals surface area contributed by atoms with E-state index in [1.807, 2.05) is 18.2 Å². The molecule has 1 fully saturated rings. The fourth-order valence-corrected chi connectivity index (χ4v) is 4.49. The van der Waals surface area contributed by atoms with Crippen molar-refractivity contribution in [2.75, 3.05) is 13.1 Å². The first kappa shape index (κ1) is 23.4. The largest absolute Gasteiger partial charge is 0.508 e. The Morgan fingerprint density at radius 3 is 2.48 bits per heavy atom. The highest BCUT2D eigenvalue weighted by atomic mass is 19.1. The van der Waals surface area contributed by atoms with Crippen LogP contribution in [0.3, 0.4) is 0 Å². The maximum Gasteiger partial charge on any atom is 0.123 e. The van der Waals surface area contributed by atoms with Crippen LogP contribution in [0.4, 0.5) is 4.39 Å². The Kier molecular flexibility index (Phi) is 7.73. The molecule has 0 saturated carbocycles. The lowest BCUT2D eigenvalue weighted by Gasteiger charge is -2.28. The van der Waals surface area contributed by atoms with E-state index >= 15 is 0 Å². The summed E-state index contributed by atoms with van der Waals surface area (Å²) in [5.41, 5.74) is 3.22. The maximum absolute atomic E-state index is 13.3. The second kappa shape index (κ2) is 10.9. The maximum atomic E-state index is 13.3. The number of halogens is 1. The Balaban J connectivity index is 1.46. The molecule has 3 aromatic rings. The van der Waals surface area contributed by atoms with E-state index in [9.17, 15) is 19.7 Å². The summed E-state index contributed by atoms with van der Waals surface area (Å²) in [7, 11) is 0. The van der Waals surface area contributed by atoms with Gasteiger partial charge in [0, 0.05) is 19.6 Å². The number of aliphatic hydroxyl groups excluding tert-OH is 2. The van der Waals surface area contributed by atoms with E-state index in [-0.39, 0.29) is 30.4 Å². The van der Waals surface area contributed by atoms with E-state index in [4.69, 9.17) is 4.74 Å². The minimum absolute atomic E-state index is 0.00639. The molecule has 0 aliphatic carbocycles. The van der Waals surface area contributed by atoms with Crippen molar-refractivity contribution in [3.63, 3.8) is 0 Å². The summed E-state index contributed by atoms with van der Waals surface area (Å²) >= 11 is 0. The lowest BCUT2D eigenvalue weighted by Crippen LogP contribution is -2.35. The van der Waals surface area contributed by atoms with Gasteiger partial charge in [-0.15, -0.1) is 0 Å². The average Bonchev–Trinajstić information content (AvgIpc) is 3.28. The van der Waals surface area contributed by atoms with Gasteiger partial charge in [0.2, 0.25) is 0 Å². The molecule has 3 N–H and O–H groups in total. The molecule has 5 nitrogen and oxygen atoms in total. The van der Waals surface area contributed by atoms with E-state index in [1.54, 1.807) is 18.2 Å². The topological polar surface area (TPSA) is 73.2 Å². The first-order valence-corrected chi connectivity index (χ1v) is 11.3. The molecule has 1 aliphatic heterocycles. The molecule has 3 atom stereocenters. The van der Waals surface area contributed by atoms with Gasteiger partial charge in [0.05, 0.1) is 24.9 Å². The third kappa shape index (κ3) is 6.18. The number of phenolic OH excluding ortho intramolecular Hbond substituents is 1. The molecule has 174 valence electrons. The zero-order chi connectivity index (χ0) is 23.2. The molecule has 0 spiro atoms. The molecule has 1 aliphatic rings. The Bertz CT molecular complexity index is 1030. The van der Waals surface area contributed by atoms with Crippen LogP contribution in [-0.2, 0) is 17.9 Å². The highest BCUT2D eigenvalue weighted by Gasteiger charge is 2.29. The summed E-state index contributed by atoms with van der Waals surface area (Å²) in [5, 5.41) is 30.4. The molecule has 1 heterocycles. The standard InChI is InChI=1S/C27H30FNO4/c28-22-8-6-20(7-9-22)27-13-11-24(33-27)16-29(15-19-4-2-1-3-5-19)17-26(32)25-12-10-23(31)14-21(25)18-30/h1-10,12,14,24,26-27,30-32H,11,13,15-18H2. The van der Waals surface area contributed by atoms with Crippen molar-refractivity contribution in [3.05, 3.63) is 101 Å². The van der Waals surface area contributed by atoms with Gasteiger partial charge in [-0.25, -0.2) is 4.39 Å². The quantitative estimate of drug-likeness (QED) is 0.447. The minimum Gasteiger partial charge on any atom is -0.508 e. The smallest absolute Gasteiger partial charge is 0.123 e. The Hall–Kier alpha value is -2.77. The van der Waals surface area contributed by atoms with Crippen LogP contribution in [0.15, 0.2) is 72.8 Å². The van der Waals surface area contributed by atoms with Crippen LogP contribution in [0.1, 0.15) is 47.3 Å². The zero-order valence-corrected chi connectivity index (χ0v) is 18.5. The molecule has 3 unspecified atom stereocenters. The van der Waals surface area contributed by atoms with E-state index < -0.39 is 6.10 Å². The van der Waals surface area contributed by atoms with Crippen LogP contribution >= 0.6 is 0 Å². The molecule has 1 saturated heterocycles. The Labute approximate surface area is 193 Å². The van der Waals surface area contributed by atoms with Gasteiger partial charge in [0.15, 0.2) is 0 Å². The summed E-state index contributed by atoms with van der Waals surface area (Å²) in [6, 6.07) is 21.2. The second-order valence-corrected chi connectivity index (χ2v) is 8.61. The van der Waals surface area contributed by atoms with Gasteiger partial charge >= 0.3 is 0 Å². The van der Waals surface area contributed by atoms with Crippen molar-refractivity contribution in [3.8, 4) is 5.75 Å². The van der Waals surface area contributed by atoms with Gasteiger partial charge < -0.3 is 20.1 Å². The van der Waals surface area contributed by atoms with Gasteiger partial charge in [0.1, 0.15) is 11.6 Å². The monoisotopic (exact) mass is 451 g/mol. The normalized spacial score (nSPS) is 19.2. The van der Waals surface area contributed by atoms with E-state index in [0.717, 1.165) is 24.0 Å². The summed E-state index contributed by atoms with van der Waals surface area (Å²) in [6.07, 6.45) is 0.853. The molecule has 3 aromatic carbocycles.